The summed E-state index contributed by atoms with van der Waals surface area (Å²) in [6, 6.07) is 7.36. The summed E-state index contributed by atoms with van der Waals surface area (Å²) in [5.41, 5.74) is 3.43. The van der Waals surface area contributed by atoms with E-state index >= 15 is 0 Å². The first-order chi connectivity index (χ1) is 11.0. The van der Waals surface area contributed by atoms with Gasteiger partial charge in [-0.05, 0) is 59.9 Å². The lowest BCUT2D eigenvalue weighted by Crippen LogP contribution is -2.36. The number of carbonyl (C=O) groups excluding carboxylic acids is 2. The number of hydrogen-bond donors (Lipinski definition) is 3. The zero-order chi connectivity index (χ0) is 16.8. The monoisotopic (exact) mass is 332 g/mol. The Morgan fingerprint density at radius 1 is 1.22 bits per heavy atom. The van der Waals surface area contributed by atoms with E-state index in [1.165, 1.54) is 11.3 Å². The van der Waals surface area contributed by atoms with Crippen molar-refractivity contribution < 1.29 is 14.7 Å². The summed E-state index contributed by atoms with van der Waals surface area (Å²) in [6.07, 6.45) is -0.275. The number of hydrogen-bond acceptors (Lipinski definition) is 4. The number of amides is 2. The summed E-state index contributed by atoms with van der Waals surface area (Å²) < 4.78 is 0. The van der Waals surface area contributed by atoms with Crippen molar-refractivity contribution in [2.75, 3.05) is 11.9 Å². The molecule has 0 radical (unpaired) electrons. The Labute approximate surface area is 139 Å². The third kappa shape index (κ3) is 4.64. The smallest absolute Gasteiger partial charge is 0.313 e. The van der Waals surface area contributed by atoms with Crippen LogP contribution in [0.5, 0.6) is 0 Å². The highest BCUT2D eigenvalue weighted by molar-refractivity contribution is 7.07. The first-order valence-corrected chi connectivity index (χ1v) is 8.29. The Bertz CT molecular complexity index is 683. The lowest BCUT2D eigenvalue weighted by Gasteiger charge is -2.11. The number of rotatable bonds is 5. The van der Waals surface area contributed by atoms with Crippen LogP contribution in [0.3, 0.4) is 0 Å². The molecular formula is C17H20N2O3S. The molecule has 1 aromatic carbocycles. The number of nitrogens with one attached hydrogen (secondary N) is 2. The van der Waals surface area contributed by atoms with Crippen LogP contribution in [0.2, 0.25) is 0 Å². The number of aliphatic hydroxyl groups excluding tert-OH is 1. The fourth-order valence-electron chi connectivity index (χ4n) is 2.10. The maximum Gasteiger partial charge on any atom is 0.313 e. The van der Waals surface area contributed by atoms with Gasteiger partial charge in [-0.2, -0.15) is 11.3 Å². The molecule has 0 unspecified atom stereocenters. The second-order valence-electron chi connectivity index (χ2n) is 5.32. The second-order valence-corrected chi connectivity index (χ2v) is 6.10. The van der Waals surface area contributed by atoms with Crippen molar-refractivity contribution in [2.24, 2.45) is 0 Å². The van der Waals surface area contributed by atoms with Gasteiger partial charge < -0.3 is 15.7 Å². The Balaban J connectivity index is 1.81. The van der Waals surface area contributed by atoms with Crippen LogP contribution in [-0.4, -0.2) is 23.5 Å². The average Bonchev–Trinajstić information content (AvgIpc) is 3.06. The van der Waals surface area contributed by atoms with Crippen molar-refractivity contribution >= 4 is 28.8 Å². The number of aliphatic hydroxyl groups is 1. The second kappa shape index (κ2) is 7.89. The van der Waals surface area contributed by atoms with Crippen LogP contribution in [-0.2, 0) is 9.59 Å². The third-order valence-electron chi connectivity index (χ3n) is 3.69. The van der Waals surface area contributed by atoms with Crippen molar-refractivity contribution in [1.82, 2.24) is 5.32 Å². The van der Waals surface area contributed by atoms with Crippen LogP contribution in [0.25, 0.3) is 0 Å². The zero-order valence-corrected chi connectivity index (χ0v) is 13.9. The fourth-order valence-corrected chi connectivity index (χ4v) is 2.81. The van der Waals surface area contributed by atoms with Gasteiger partial charge in [0.1, 0.15) is 0 Å². The topological polar surface area (TPSA) is 78.4 Å². The van der Waals surface area contributed by atoms with Gasteiger partial charge in [0, 0.05) is 12.2 Å². The van der Waals surface area contributed by atoms with Crippen molar-refractivity contribution in [2.45, 2.75) is 26.4 Å². The van der Waals surface area contributed by atoms with Gasteiger partial charge in [-0.25, -0.2) is 0 Å². The van der Waals surface area contributed by atoms with E-state index in [0.717, 1.165) is 16.7 Å². The highest BCUT2D eigenvalue weighted by Crippen LogP contribution is 2.19. The number of benzene rings is 1. The molecule has 0 saturated carbocycles. The Morgan fingerprint density at radius 2 is 2.00 bits per heavy atom. The zero-order valence-electron chi connectivity index (χ0n) is 13.1. The minimum atomic E-state index is -0.705. The maximum atomic E-state index is 11.9. The molecule has 0 saturated heterocycles. The van der Waals surface area contributed by atoms with Crippen LogP contribution in [0.15, 0.2) is 35.0 Å². The van der Waals surface area contributed by atoms with Crippen molar-refractivity contribution in [3.63, 3.8) is 0 Å². The molecule has 6 heteroatoms. The van der Waals surface area contributed by atoms with Crippen LogP contribution >= 0.6 is 11.3 Å². The number of thiophene rings is 1. The quantitative estimate of drug-likeness (QED) is 0.736. The minimum absolute atomic E-state index is 0.232. The van der Waals surface area contributed by atoms with E-state index in [1.54, 1.807) is 6.07 Å². The molecule has 0 aliphatic heterocycles. The Kier molecular flexibility index (Phi) is 5.90. The standard InChI is InChI=1S/C17H20N2O3S/c1-11-4-3-5-14(12(11)2)19-17(22)16(21)18-8-6-15(20)13-7-9-23-10-13/h3-5,7,9-10,15,20H,6,8H2,1-2H3,(H,18,21)(H,19,22)/t15-/m1/s1. The van der Waals surface area contributed by atoms with Gasteiger partial charge in [-0.15, -0.1) is 0 Å². The minimum Gasteiger partial charge on any atom is -0.388 e. The summed E-state index contributed by atoms with van der Waals surface area (Å²) in [7, 11) is 0. The molecule has 0 aliphatic rings. The molecule has 3 N–H and O–H groups in total. The van der Waals surface area contributed by atoms with Crippen LogP contribution < -0.4 is 10.6 Å². The van der Waals surface area contributed by atoms with Crippen LogP contribution in [0, 0.1) is 13.8 Å². The lowest BCUT2D eigenvalue weighted by molar-refractivity contribution is -0.136. The molecule has 0 fully saturated rings. The van der Waals surface area contributed by atoms with E-state index in [-0.39, 0.29) is 6.54 Å². The van der Waals surface area contributed by atoms with Gasteiger partial charge in [-0.3, -0.25) is 9.59 Å². The molecule has 2 amide bonds. The molecule has 0 spiro atoms. The number of carbonyl (C=O) groups is 2. The lowest BCUT2D eigenvalue weighted by atomic mass is 10.1. The van der Waals surface area contributed by atoms with E-state index in [1.807, 2.05) is 42.8 Å². The molecule has 0 aliphatic carbocycles. The largest absolute Gasteiger partial charge is 0.388 e. The van der Waals surface area contributed by atoms with Gasteiger partial charge in [-0.1, -0.05) is 12.1 Å². The number of anilines is 1. The highest BCUT2D eigenvalue weighted by atomic mass is 32.1. The predicted molar refractivity (Wildman–Crippen MR) is 91.5 cm³/mol. The number of aryl methyl sites for hydroxylation is 1. The molecule has 1 atom stereocenters. The molecular weight excluding hydrogens is 312 g/mol. The summed E-state index contributed by atoms with van der Waals surface area (Å²) in [4.78, 5) is 23.7. The summed E-state index contributed by atoms with van der Waals surface area (Å²) in [5.74, 6) is -1.41. The van der Waals surface area contributed by atoms with E-state index in [0.29, 0.717) is 12.1 Å². The molecule has 5 nitrogen and oxygen atoms in total. The van der Waals surface area contributed by atoms with Crippen molar-refractivity contribution in [3.8, 4) is 0 Å². The van der Waals surface area contributed by atoms with E-state index in [9.17, 15) is 14.7 Å². The normalized spacial score (nSPS) is 11.8. The first kappa shape index (κ1) is 17.2. The van der Waals surface area contributed by atoms with Crippen LogP contribution in [0.1, 0.15) is 29.2 Å². The summed E-state index contributed by atoms with van der Waals surface area (Å²) in [6.45, 7) is 4.06. The Morgan fingerprint density at radius 3 is 2.70 bits per heavy atom. The van der Waals surface area contributed by atoms with Gasteiger partial charge in [0.25, 0.3) is 0 Å². The first-order valence-electron chi connectivity index (χ1n) is 7.34. The SMILES string of the molecule is Cc1cccc(NC(=O)C(=O)NCC[C@@H](O)c2ccsc2)c1C. The maximum absolute atomic E-state index is 11.9. The fraction of sp³-hybridized carbons (Fsp3) is 0.294. The Hall–Kier alpha value is -2.18. The molecule has 2 aromatic rings. The molecule has 0 bridgehead atoms. The average molecular weight is 332 g/mol. The van der Waals surface area contributed by atoms with E-state index < -0.39 is 17.9 Å². The summed E-state index contributed by atoms with van der Waals surface area (Å²) in [5, 5.41) is 18.8. The van der Waals surface area contributed by atoms with Crippen molar-refractivity contribution in [3.05, 3.63) is 51.7 Å². The molecule has 2 rings (SSSR count). The summed E-state index contributed by atoms with van der Waals surface area (Å²) >= 11 is 1.50. The van der Waals surface area contributed by atoms with Crippen molar-refractivity contribution in [1.29, 1.82) is 0 Å². The van der Waals surface area contributed by atoms with Gasteiger partial charge in [0.15, 0.2) is 0 Å². The molecule has 122 valence electrons. The van der Waals surface area contributed by atoms with Gasteiger partial charge in [0.2, 0.25) is 0 Å². The van der Waals surface area contributed by atoms with E-state index in [4.69, 9.17) is 0 Å². The van der Waals surface area contributed by atoms with Gasteiger partial charge in [0.05, 0.1) is 6.10 Å². The van der Waals surface area contributed by atoms with E-state index in [2.05, 4.69) is 10.6 Å². The third-order valence-corrected chi connectivity index (χ3v) is 4.39. The predicted octanol–water partition coefficient (Wildman–Crippen LogP) is 2.54. The van der Waals surface area contributed by atoms with Gasteiger partial charge >= 0.3 is 11.8 Å². The molecule has 23 heavy (non-hydrogen) atoms. The molecule has 1 heterocycles. The molecule has 1 aromatic heterocycles. The highest BCUT2D eigenvalue weighted by Gasteiger charge is 2.15. The van der Waals surface area contributed by atoms with Crippen LogP contribution in [0.4, 0.5) is 5.69 Å².